The normalized spacial score (nSPS) is 16.4. The van der Waals surface area contributed by atoms with E-state index >= 15 is 0 Å². The zero-order valence-electron chi connectivity index (χ0n) is 20.6. The van der Waals surface area contributed by atoms with Crippen molar-refractivity contribution < 1.29 is 23.2 Å². The van der Waals surface area contributed by atoms with Crippen LogP contribution in [0.15, 0.2) is 47.8 Å². The number of carbonyl (C=O) groups excluding carboxylic acids is 2. The number of rotatable bonds is 11. The Bertz CT molecular complexity index is 1360. The molecule has 1 unspecified atom stereocenters. The van der Waals surface area contributed by atoms with Crippen LogP contribution in [-0.4, -0.2) is 64.7 Å². The van der Waals surface area contributed by atoms with Crippen LogP contribution in [0.2, 0.25) is 0 Å². The summed E-state index contributed by atoms with van der Waals surface area (Å²) < 4.78 is 29.1. The fourth-order valence-corrected chi connectivity index (χ4v) is 6.98. The van der Waals surface area contributed by atoms with Crippen LogP contribution < -0.4 is 10.8 Å². The predicted molar refractivity (Wildman–Crippen MR) is 143 cm³/mol. The average Bonchev–Trinajstić information content (AvgIpc) is 3.58. The highest BCUT2D eigenvalue weighted by Gasteiger charge is 2.42. The van der Waals surface area contributed by atoms with Gasteiger partial charge in [-0.25, -0.2) is 10.5 Å². The Morgan fingerprint density at radius 2 is 1.97 bits per heavy atom. The first kappa shape index (κ1) is 27.1. The third-order valence-corrected chi connectivity index (χ3v) is 9.12. The van der Waals surface area contributed by atoms with Crippen molar-refractivity contribution in [1.29, 1.82) is 0 Å². The molecule has 198 valence electrons. The summed E-state index contributed by atoms with van der Waals surface area (Å²) in [5.74, 6) is -1.29. The molecule has 3 aromatic rings. The van der Waals surface area contributed by atoms with Gasteiger partial charge < -0.3 is 5.32 Å². The Labute approximate surface area is 220 Å². The third kappa shape index (κ3) is 6.33. The SMILES string of the molecule is CCCCCN(CC(=O)NO)S(=O)(=O)N1CCCC1C(=O)Nc1nc(-c2ccc3ccccc3c2)cs1. The van der Waals surface area contributed by atoms with Crippen molar-refractivity contribution in [3.8, 4) is 11.3 Å². The fourth-order valence-electron chi connectivity index (χ4n) is 4.44. The molecule has 4 rings (SSSR count). The Morgan fingerprint density at radius 3 is 2.73 bits per heavy atom. The molecule has 1 saturated heterocycles. The fraction of sp³-hybridized carbons (Fsp3) is 0.400. The number of carbonyl (C=O) groups is 2. The van der Waals surface area contributed by atoms with Crippen molar-refractivity contribution in [3.05, 3.63) is 47.8 Å². The van der Waals surface area contributed by atoms with Crippen molar-refractivity contribution in [3.63, 3.8) is 0 Å². The molecule has 3 N–H and O–H groups in total. The van der Waals surface area contributed by atoms with E-state index in [1.807, 2.05) is 54.8 Å². The molecule has 1 atom stereocenters. The Kier molecular flexibility index (Phi) is 8.87. The summed E-state index contributed by atoms with van der Waals surface area (Å²) in [6.45, 7) is 1.76. The highest BCUT2D eigenvalue weighted by atomic mass is 32.2. The Morgan fingerprint density at radius 1 is 1.19 bits per heavy atom. The average molecular weight is 546 g/mol. The quantitative estimate of drug-likeness (QED) is 0.192. The van der Waals surface area contributed by atoms with Crippen molar-refractivity contribution in [2.45, 2.75) is 45.1 Å². The van der Waals surface area contributed by atoms with Crippen LogP contribution in [-0.2, 0) is 19.8 Å². The maximum Gasteiger partial charge on any atom is 0.283 e. The van der Waals surface area contributed by atoms with Crippen LogP contribution in [0, 0.1) is 0 Å². The molecule has 0 aliphatic carbocycles. The number of hydrogen-bond acceptors (Lipinski definition) is 7. The highest BCUT2D eigenvalue weighted by Crippen LogP contribution is 2.29. The molecule has 10 nitrogen and oxygen atoms in total. The van der Waals surface area contributed by atoms with E-state index in [2.05, 4.69) is 10.3 Å². The summed E-state index contributed by atoms with van der Waals surface area (Å²) in [7, 11) is -4.11. The number of amides is 2. The van der Waals surface area contributed by atoms with E-state index in [0.29, 0.717) is 24.4 Å². The number of thiazole rings is 1. The van der Waals surface area contributed by atoms with Crippen molar-refractivity contribution in [2.75, 3.05) is 25.0 Å². The minimum Gasteiger partial charge on any atom is -0.301 e. The molecular formula is C25H31N5O5S2. The van der Waals surface area contributed by atoms with Gasteiger partial charge in [0, 0.05) is 24.0 Å². The molecule has 2 aromatic carbocycles. The van der Waals surface area contributed by atoms with Crippen LogP contribution >= 0.6 is 11.3 Å². The Balaban J connectivity index is 1.48. The van der Waals surface area contributed by atoms with Crippen LogP contribution in [0.1, 0.15) is 39.0 Å². The molecule has 0 spiro atoms. The van der Waals surface area contributed by atoms with E-state index in [0.717, 1.165) is 43.5 Å². The second kappa shape index (κ2) is 12.1. The van der Waals surface area contributed by atoms with E-state index in [4.69, 9.17) is 5.21 Å². The number of hydroxylamine groups is 1. The van der Waals surface area contributed by atoms with Gasteiger partial charge in [0.1, 0.15) is 6.04 Å². The van der Waals surface area contributed by atoms with Gasteiger partial charge in [0.2, 0.25) is 5.91 Å². The molecule has 0 saturated carbocycles. The lowest BCUT2D eigenvalue weighted by Gasteiger charge is -2.29. The summed E-state index contributed by atoms with van der Waals surface area (Å²) >= 11 is 1.27. The van der Waals surface area contributed by atoms with Crippen LogP contribution in [0.5, 0.6) is 0 Å². The zero-order valence-corrected chi connectivity index (χ0v) is 22.2. The first-order valence-electron chi connectivity index (χ1n) is 12.3. The number of anilines is 1. The highest BCUT2D eigenvalue weighted by molar-refractivity contribution is 7.86. The van der Waals surface area contributed by atoms with Gasteiger partial charge in [0.25, 0.3) is 16.1 Å². The number of hydrogen-bond donors (Lipinski definition) is 3. The number of aromatic nitrogens is 1. The molecule has 0 bridgehead atoms. The van der Waals surface area contributed by atoms with Crippen LogP contribution in [0.3, 0.4) is 0 Å². The monoisotopic (exact) mass is 545 g/mol. The third-order valence-electron chi connectivity index (χ3n) is 6.36. The maximum atomic E-state index is 13.4. The molecular weight excluding hydrogens is 514 g/mol. The summed E-state index contributed by atoms with van der Waals surface area (Å²) in [6.07, 6.45) is 3.12. The molecule has 12 heteroatoms. The molecule has 1 aliphatic heterocycles. The van der Waals surface area contributed by atoms with Crippen LogP contribution in [0.25, 0.3) is 22.0 Å². The van der Waals surface area contributed by atoms with Gasteiger partial charge >= 0.3 is 0 Å². The molecule has 37 heavy (non-hydrogen) atoms. The van der Waals surface area contributed by atoms with Gasteiger partial charge in [-0.1, -0.05) is 56.2 Å². The van der Waals surface area contributed by atoms with Gasteiger partial charge in [0.05, 0.1) is 12.2 Å². The summed E-state index contributed by atoms with van der Waals surface area (Å²) in [6, 6.07) is 13.1. The van der Waals surface area contributed by atoms with E-state index in [1.54, 1.807) is 0 Å². The zero-order chi connectivity index (χ0) is 26.4. The number of benzene rings is 2. The van der Waals surface area contributed by atoms with Crippen LogP contribution in [0.4, 0.5) is 5.13 Å². The number of fused-ring (bicyclic) bond motifs is 1. The minimum absolute atomic E-state index is 0.121. The largest absolute Gasteiger partial charge is 0.301 e. The summed E-state index contributed by atoms with van der Waals surface area (Å²) in [4.78, 5) is 29.5. The predicted octanol–water partition coefficient (Wildman–Crippen LogP) is 3.61. The topological polar surface area (TPSA) is 132 Å². The molecule has 2 amide bonds. The second-order valence-corrected chi connectivity index (χ2v) is 11.7. The van der Waals surface area contributed by atoms with Gasteiger partial charge in [-0.15, -0.1) is 11.3 Å². The Hall–Kier alpha value is -2.90. The first-order valence-corrected chi connectivity index (χ1v) is 14.6. The summed E-state index contributed by atoms with van der Waals surface area (Å²) in [5.41, 5.74) is 3.13. The van der Waals surface area contributed by atoms with Crippen molar-refractivity contribution in [2.24, 2.45) is 0 Å². The molecule has 1 aliphatic rings. The smallest absolute Gasteiger partial charge is 0.283 e. The van der Waals surface area contributed by atoms with Gasteiger partial charge in [-0.2, -0.15) is 17.0 Å². The van der Waals surface area contributed by atoms with Crippen molar-refractivity contribution >= 4 is 49.3 Å². The molecule has 2 heterocycles. The van der Waals surface area contributed by atoms with Gasteiger partial charge in [-0.3, -0.25) is 14.8 Å². The number of nitrogens with one attached hydrogen (secondary N) is 2. The lowest BCUT2D eigenvalue weighted by Crippen LogP contribution is -2.52. The van der Waals surface area contributed by atoms with Gasteiger partial charge in [-0.05, 0) is 36.1 Å². The van der Waals surface area contributed by atoms with E-state index in [-0.39, 0.29) is 13.1 Å². The lowest BCUT2D eigenvalue weighted by molar-refractivity contribution is -0.129. The van der Waals surface area contributed by atoms with Crippen molar-refractivity contribution in [1.82, 2.24) is 19.1 Å². The summed E-state index contributed by atoms with van der Waals surface area (Å²) in [5, 5.41) is 16.2. The van der Waals surface area contributed by atoms with E-state index in [9.17, 15) is 18.0 Å². The van der Waals surface area contributed by atoms with E-state index < -0.39 is 34.6 Å². The minimum atomic E-state index is -4.11. The molecule has 1 fully saturated rings. The van der Waals surface area contributed by atoms with E-state index in [1.165, 1.54) is 16.8 Å². The number of unbranched alkanes of at least 4 members (excludes halogenated alkanes) is 2. The van der Waals surface area contributed by atoms with Gasteiger partial charge in [0.15, 0.2) is 5.13 Å². The molecule has 0 radical (unpaired) electrons. The maximum absolute atomic E-state index is 13.4. The molecule has 1 aromatic heterocycles. The first-order chi connectivity index (χ1) is 17.8. The second-order valence-electron chi connectivity index (χ2n) is 8.94. The number of nitrogens with zero attached hydrogens (tertiary/aromatic N) is 3. The lowest BCUT2D eigenvalue weighted by atomic mass is 10.1. The standard InChI is InChI=1S/C25H31N5O5S2/c1-2-3-6-13-29(16-23(31)28-33)37(34,35)30-14-7-10-22(30)24(32)27-25-26-21(17-36-25)20-12-11-18-8-4-5-9-19(18)15-20/h4-5,8-9,11-12,15,17,22,33H,2-3,6-7,10,13-14,16H2,1H3,(H,28,31)(H,26,27,32).